The highest BCUT2D eigenvalue weighted by Gasteiger charge is 2.03. The summed E-state index contributed by atoms with van der Waals surface area (Å²) in [7, 11) is 0. The molecule has 1 aromatic carbocycles. The van der Waals surface area contributed by atoms with Gasteiger partial charge in [0.25, 0.3) is 0 Å². The van der Waals surface area contributed by atoms with E-state index in [9.17, 15) is 0 Å². The molecule has 0 aliphatic carbocycles. The van der Waals surface area contributed by atoms with Crippen molar-refractivity contribution in [3.8, 4) is 0 Å². The van der Waals surface area contributed by atoms with Crippen LogP contribution in [0.2, 0.25) is 0 Å². The average Bonchev–Trinajstić information content (AvgIpc) is 2.51. The first-order chi connectivity index (χ1) is 11.1. The molecular weight excluding hydrogens is 284 g/mol. The SMILES string of the molecule is CCCCCNc1cc(Nc2ccc(C(C)C)cc2)nc(C)n1. The summed E-state index contributed by atoms with van der Waals surface area (Å²) in [5.41, 5.74) is 2.39. The van der Waals surface area contributed by atoms with Gasteiger partial charge in [-0.25, -0.2) is 9.97 Å². The molecule has 0 radical (unpaired) electrons. The summed E-state index contributed by atoms with van der Waals surface area (Å²) in [6.07, 6.45) is 3.63. The number of hydrogen-bond donors (Lipinski definition) is 2. The minimum atomic E-state index is 0.546. The van der Waals surface area contributed by atoms with Crippen LogP contribution in [0.5, 0.6) is 0 Å². The normalized spacial score (nSPS) is 10.8. The van der Waals surface area contributed by atoms with Crippen LogP contribution in [0.25, 0.3) is 0 Å². The van der Waals surface area contributed by atoms with E-state index in [0.29, 0.717) is 5.92 Å². The number of aryl methyl sites for hydroxylation is 1. The lowest BCUT2D eigenvalue weighted by Gasteiger charge is -2.11. The van der Waals surface area contributed by atoms with E-state index in [1.54, 1.807) is 0 Å². The van der Waals surface area contributed by atoms with Gasteiger partial charge in [0.1, 0.15) is 17.5 Å². The van der Waals surface area contributed by atoms with Gasteiger partial charge in [0.05, 0.1) is 0 Å². The zero-order valence-corrected chi connectivity index (χ0v) is 14.7. The second kappa shape index (κ2) is 8.51. The van der Waals surface area contributed by atoms with Gasteiger partial charge in [-0.15, -0.1) is 0 Å². The molecule has 0 aliphatic rings. The van der Waals surface area contributed by atoms with Gasteiger partial charge < -0.3 is 10.6 Å². The number of unbranched alkanes of at least 4 members (excludes halogenated alkanes) is 2. The number of nitrogens with zero attached hydrogens (tertiary/aromatic N) is 2. The summed E-state index contributed by atoms with van der Waals surface area (Å²) in [4.78, 5) is 8.92. The minimum absolute atomic E-state index is 0.546. The molecule has 0 spiro atoms. The van der Waals surface area contributed by atoms with Crippen LogP contribution in [0.3, 0.4) is 0 Å². The Bertz CT molecular complexity index is 605. The van der Waals surface area contributed by atoms with E-state index in [2.05, 4.69) is 65.6 Å². The topological polar surface area (TPSA) is 49.8 Å². The first kappa shape index (κ1) is 17.3. The second-order valence-corrected chi connectivity index (χ2v) is 6.22. The van der Waals surface area contributed by atoms with E-state index in [-0.39, 0.29) is 0 Å². The second-order valence-electron chi connectivity index (χ2n) is 6.22. The van der Waals surface area contributed by atoms with Crippen LogP contribution in [0.15, 0.2) is 30.3 Å². The van der Waals surface area contributed by atoms with Crippen LogP contribution in [0.1, 0.15) is 57.3 Å². The van der Waals surface area contributed by atoms with Gasteiger partial charge >= 0.3 is 0 Å². The largest absolute Gasteiger partial charge is 0.370 e. The van der Waals surface area contributed by atoms with Crippen molar-refractivity contribution in [2.75, 3.05) is 17.2 Å². The van der Waals surface area contributed by atoms with Crippen molar-refractivity contribution in [2.45, 2.75) is 52.9 Å². The zero-order chi connectivity index (χ0) is 16.7. The highest BCUT2D eigenvalue weighted by atomic mass is 15.1. The van der Waals surface area contributed by atoms with E-state index in [1.807, 2.05) is 13.0 Å². The Morgan fingerprint density at radius 3 is 2.35 bits per heavy atom. The molecule has 0 unspecified atom stereocenters. The van der Waals surface area contributed by atoms with E-state index < -0.39 is 0 Å². The van der Waals surface area contributed by atoms with Crippen LogP contribution in [-0.4, -0.2) is 16.5 Å². The number of anilines is 3. The molecule has 0 fully saturated rings. The molecule has 4 heteroatoms. The molecule has 1 aromatic heterocycles. The van der Waals surface area contributed by atoms with E-state index in [0.717, 1.165) is 29.7 Å². The summed E-state index contributed by atoms with van der Waals surface area (Å²) in [5.74, 6) is 3.03. The van der Waals surface area contributed by atoms with Gasteiger partial charge in [-0.2, -0.15) is 0 Å². The fourth-order valence-corrected chi connectivity index (χ4v) is 2.41. The third kappa shape index (κ3) is 5.55. The Balaban J connectivity index is 2.02. The van der Waals surface area contributed by atoms with Crippen molar-refractivity contribution in [2.24, 2.45) is 0 Å². The maximum absolute atomic E-state index is 4.47. The lowest BCUT2D eigenvalue weighted by molar-refractivity contribution is 0.742. The molecule has 23 heavy (non-hydrogen) atoms. The Morgan fingerprint density at radius 1 is 1.00 bits per heavy atom. The van der Waals surface area contributed by atoms with E-state index in [4.69, 9.17) is 0 Å². The van der Waals surface area contributed by atoms with Crippen molar-refractivity contribution in [1.29, 1.82) is 0 Å². The molecule has 0 aliphatic heterocycles. The number of nitrogens with one attached hydrogen (secondary N) is 2. The lowest BCUT2D eigenvalue weighted by Crippen LogP contribution is -2.06. The van der Waals surface area contributed by atoms with Crippen molar-refractivity contribution in [1.82, 2.24) is 9.97 Å². The molecule has 1 heterocycles. The molecule has 4 nitrogen and oxygen atoms in total. The molecule has 0 saturated heterocycles. The third-order valence-electron chi connectivity index (χ3n) is 3.77. The summed E-state index contributed by atoms with van der Waals surface area (Å²) in [6.45, 7) is 9.48. The molecule has 2 aromatic rings. The maximum Gasteiger partial charge on any atom is 0.136 e. The molecule has 0 saturated carbocycles. The number of benzene rings is 1. The third-order valence-corrected chi connectivity index (χ3v) is 3.77. The van der Waals surface area contributed by atoms with Crippen molar-refractivity contribution in [3.63, 3.8) is 0 Å². The lowest BCUT2D eigenvalue weighted by atomic mass is 10.0. The molecule has 124 valence electrons. The Kier molecular flexibility index (Phi) is 6.39. The molecule has 0 amide bonds. The number of aromatic nitrogens is 2. The van der Waals surface area contributed by atoms with Gasteiger partial charge in [0, 0.05) is 18.3 Å². The zero-order valence-electron chi connectivity index (χ0n) is 14.7. The van der Waals surface area contributed by atoms with Crippen molar-refractivity contribution in [3.05, 3.63) is 41.7 Å². The van der Waals surface area contributed by atoms with Crippen molar-refractivity contribution < 1.29 is 0 Å². The summed E-state index contributed by atoms with van der Waals surface area (Å²) in [6, 6.07) is 10.5. The summed E-state index contributed by atoms with van der Waals surface area (Å²) < 4.78 is 0. The smallest absolute Gasteiger partial charge is 0.136 e. The summed E-state index contributed by atoms with van der Waals surface area (Å²) in [5, 5.41) is 6.74. The maximum atomic E-state index is 4.47. The molecular formula is C19H28N4. The highest BCUT2D eigenvalue weighted by Crippen LogP contribution is 2.21. The highest BCUT2D eigenvalue weighted by molar-refractivity contribution is 5.59. The first-order valence-corrected chi connectivity index (χ1v) is 8.55. The van der Waals surface area contributed by atoms with Crippen LogP contribution < -0.4 is 10.6 Å². The van der Waals surface area contributed by atoms with E-state index >= 15 is 0 Å². The fraction of sp³-hybridized carbons (Fsp3) is 0.474. The molecule has 2 rings (SSSR count). The molecule has 2 N–H and O–H groups in total. The number of hydrogen-bond acceptors (Lipinski definition) is 4. The van der Waals surface area contributed by atoms with Gasteiger partial charge in [-0.1, -0.05) is 45.7 Å². The minimum Gasteiger partial charge on any atom is -0.370 e. The van der Waals surface area contributed by atoms with Gasteiger partial charge in [-0.05, 0) is 37.0 Å². The predicted molar refractivity (Wildman–Crippen MR) is 98.6 cm³/mol. The summed E-state index contributed by atoms with van der Waals surface area (Å²) >= 11 is 0. The molecule has 0 atom stereocenters. The Labute approximate surface area is 139 Å². The Hall–Kier alpha value is -2.10. The van der Waals surface area contributed by atoms with Crippen LogP contribution in [0, 0.1) is 6.92 Å². The van der Waals surface area contributed by atoms with Crippen LogP contribution >= 0.6 is 0 Å². The van der Waals surface area contributed by atoms with Crippen LogP contribution in [0.4, 0.5) is 17.3 Å². The van der Waals surface area contributed by atoms with Gasteiger partial charge in [0.2, 0.25) is 0 Å². The van der Waals surface area contributed by atoms with E-state index in [1.165, 1.54) is 24.8 Å². The first-order valence-electron chi connectivity index (χ1n) is 8.55. The van der Waals surface area contributed by atoms with Crippen LogP contribution in [-0.2, 0) is 0 Å². The molecule has 0 bridgehead atoms. The van der Waals surface area contributed by atoms with Crippen molar-refractivity contribution >= 4 is 17.3 Å². The quantitative estimate of drug-likeness (QED) is 0.653. The van der Waals surface area contributed by atoms with Gasteiger partial charge in [0.15, 0.2) is 0 Å². The average molecular weight is 312 g/mol. The fourth-order valence-electron chi connectivity index (χ4n) is 2.41. The standard InChI is InChI=1S/C19H28N4/c1-5-6-7-12-20-18-13-19(22-15(4)21-18)23-17-10-8-16(9-11-17)14(2)3/h8-11,13-14H,5-7,12H2,1-4H3,(H2,20,21,22,23). The predicted octanol–water partition coefficient (Wildman–Crippen LogP) is 5.25. The van der Waals surface area contributed by atoms with Gasteiger partial charge in [-0.3, -0.25) is 0 Å². The number of rotatable bonds is 8. The Morgan fingerprint density at radius 2 is 1.70 bits per heavy atom. The monoisotopic (exact) mass is 312 g/mol.